The molecule has 0 saturated carbocycles. The minimum Gasteiger partial charge on any atom is -0.366 e. The molecule has 0 saturated heterocycles. The van der Waals surface area contributed by atoms with Crippen LogP contribution in [0.2, 0.25) is 0 Å². The number of H-pyrrole nitrogens is 1. The van der Waals surface area contributed by atoms with Crippen LogP contribution in [0.15, 0.2) is 55.1 Å². The number of fused-ring (bicyclic) bond motifs is 1. The lowest BCUT2D eigenvalue weighted by molar-refractivity contribution is -0.112. The highest BCUT2D eigenvalue weighted by Gasteiger charge is 2.11. The molecule has 4 N–H and O–H groups in total. The number of amides is 1. The molecule has 0 aliphatic rings. The molecule has 1 amide bonds. The van der Waals surface area contributed by atoms with Gasteiger partial charge in [0.1, 0.15) is 0 Å². The maximum Gasteiger partial charge on any atom is 0.248 e. The molecule has 0 bridgehead atoms. The van der Waals surface area contributed by atoms with Crippen molar-refractivity contribution in [3.05, 3.63) is 77.5 Å². The number of aryl methyl sites for hydroxylation is 1. The summed E-state index contributed by atoms with van der Waals surface area (Å²) in [6.45, 7) is 6.62. The second-order valence-corrected chi connectivity index (χ2v) is 6.46. The maximum absolute atomic E-state index is 11.3. The van der Waals surface area contributed by atoms with Crippen LogP contribution in [-0.2, 0) is 17.8 Å². The maximum atomic E-state index is 11.3. The van der Waals surface area contributed by atoms with E-state index in [-0.39, 0.29) is 5.57 Å². The number of primary amides is 1. The van der Waals surface area contributed by atoms with Gasteiger partial charge in [-0.3, -0.25) is 4.79 Å². The number of aromatic nitrogens is 1. The van der Waals surface area contributed by atoms with E-state index in [0.717, 1.165) is 23.2 Å². The molecule has 134 valence electrons. The van der Waals surface area contributed by atoms with Crippen molar-refractivity contribution in [2.45, 2.75) is 19.9 Å². The topological polar surface area (TPSA) is 82.3 Å². The summed E-state index contributed by atoms with van der Waals surface area (Å²) in [7, 11) is 0. The van der Waals surface area contributed by atoms with Gasteiger partial charge in [-0.15, -0.1) is 0 Å². The van der Waals surface area contributed by atoms with Crippen molar-refractivity contribution in [3.8, 4) is 0 Å². The van der Waals surface area contributed by atoms with Gasteiger partial charge in [-0.25, -0.2) is 0 Å². The molecule has 0 aliphatic heterocycles. The normalized spacial score (nSPS) is 11.2. The standard InChI is InChI=1S/C21H23N3O2/c1-14(21(22)25)17-7-5-6-16(12-17)13-24(26)11-10-18-15(2)23-20-9-4-3-8-19(18)20/h3-9,12,23,26H,1,10-11,13H2,2H3,(H2,22,25). The van der Waals surface area contributed by atoms with Crippen LogP contribution in [-0.4, -0.2) is 27.7 Å². The van der Waals surface area contributed by atoms with E-state index < -0.39 is 5.91 Å². The third-order valence-electron chi connectivity index (χ3n) is 4.58. The highest BCUT2D eigenvalue weighted by atomic mass is 16.5. The molecule has 0 spiro atoms. The largest absolute Gasteiger partial charge is 0.366 e. The molecule has 0 aliphatic carbocycles. The van der Waals surface area contributed by atoms with Crippen molar-refractivity contribution in [1.29, 1.82) is 0 Å². The molecule has 3 rings (SSSR count). The average molecular weight is 349 g/mol. The van der Waals surface area contributed by atoms with Gasteiger partial charge in [0.25, 0.3) is 0 Å². The Labute approximate surface area is 152 Å². The fourth-order valence-corrected chi connectivity index (χ4v) is 3.19. The lowest BCUT2D eigenvalue weighted by Gasteiger charge is -2.15. The van der Waals surface area contributed by atoms with Crippen LogP contribution in [0.4, 0.5) is 0 Å². The monoisotopic (exact) mass is 349 g/mol. The zero-order valence-corrected chi connectivity index (χ0v) is 14.8. The van der Waals surface area contributed by atoms with Gasteiger partial charge in [0.05, 0.1) is 0 Å². The first kappa shape index (κ1) is 17.9. The second kappa shape index (κ2) is 7.56. The van der Waals surface area contributed by atoms with Gasteiger partial charge < -0.3 is 15.9 Å². The first-order valence-corrected chi connectivity index (χ1v) is 8.53. The van der Waals surface area contributed by atoms with Crippen molar-refractivity contribution in [2.75, 3.05) is 6.54 Å². The summed E-state index contributed by atoms with van der Waals surface area (Å²) in [6, 6.07) is 15.5. The number of rotatable bonds is 7. The molecule has 3 aromatic rings. The third kappa shape index (κ3) is 3.85. The van der Waals surface area contributed by atoms with E-state index in [2.05, 4.69) is 30.6 Å². The lowest BCUT2D eigenvalue weighted by atomic mass is 10.0. The summed E-state index contributed by atoms with van der Waals surface area (Å²) in [5.41, 5.74) is 10.6. The summed E-state index contributed by atoms with van der Waals surface area (Å²) < 4.78 is 0. The Morgan fingerprint density at radius 3 is 2.77 bits per heavy atom. The number of nitrogens with two attached hydrogens (primary N) is 1. The molecule has 0 atom stereocenters. The van der Waals surface area contributed by atoms with Gasteiger partial charge in [0.2, 0.25) is 5.91 Å². The van der Waals surface area contributed by atoms with Crippen molar-refractivity contribution in [1.82, 2.24) is 10.0 Å². The number of benzene rings is 2. The first-order valence-electron chi connectivity index (χ1n) is 8.53. The first-order chi connectivity index (χ1) is 12.5. The molecule has 2 aromatic carbocycles. The molecular formula is C21H23N3O2. The Hall–Kier alpha value is -2.89. The number of carbonyl (C=O) groups is 1. The van der Waals surface area contributed by atoms with Gasteiger partial charge in [-0.2, -0.15) is 5.06 Å². The molecular weight excluding hydrogens is 326 g/mol. The van der Waals surface area contributed by atoms with Gasteiger partial charge in [-0.1, -0.05) is 43.0 Å². The van der Waals surface area contributed by atoms with E-state index >= 15 is 0 Å². The SMILES string of the molecule is C=C(C(N)=O)c1cccc(CN(O)CCc2c(C)[nH]c3ccccc23)c1. The van der Waals surface area contributed by atoms with Gasteiger partial charge in [-0.05, 0) is 42.2 Å². The predicted octanol–water partition coefficient (Wildman–Crippen LogP) is 3.41. The molecule has 0 unspecified atom stereocenters. The number of hydrogen-bond donors (Lipinski definition) is 3. The van der Waals surface area contributed by atoms with Crippen LogP contribution >= 0.6 is 0 Å². The zero-order valence-electron chi connectivity index (χ0n) is 14.8. The Kier molecular flexibility index (Phi) is 5.21. The number of nitrogens with one attached hydrogen (secondary N) is 1. The smallest absolute Gasteiger partial charge is 0.248 e. The van der Waals surface area contributed by atoms with E-state index in [1.807, 2.05) is 30.3 Å². The van der Waals surface area contributed by atoms with Crippen LogP contribution in [0.1, 0.15) is 22.4 Å². The van der Waals surface area contributed by atoms with Gasteiger partial charge >= 0.3 is 0 Å². The molecule has 0 fully saturated rings. The molecule has 5 heteroatoms. The van der Waals surface area contributed by atoms with Crippen molar-refractivity contribution in [3.63, 3.8) is 0 Å². The lowest BCUT2D eigenvalue weighted by Crippen LogP contribution is -2.22. The number of para-hydroxylation sites is 1. The summed E-state index contributed by atoms with van der Waals surface area (Å²) >= 11 is 0. The highest BCUT2D eigenvalue weighted by molar-refractivity contribution is 6.17. The molecule has 1 heterocycles. The fourth-order valence-electron chi connectivity index (χ4n) is 3.19. The number of hydrogen-bond acceptors (Lipinski definition) is 3. The summed E-state index contributed by atoms with van der Waals surface area (Å²) in [4.78, 5) is 14.6. The fraction of sp³-hybridized carbons (Fsp3) is 0.190. The molecule has 1 aromatic heterocycles. The van der Waals surface area contributed by atoms with E-state index in [9.17, 15) is 10.0 Å². The average Bonchev–Trinajstić information content (AvgIpc) is 2.94. The van der Waals surface area contributed by atoms with Crippen molar-refractivity contribution >= 4 is 22.4 Å². The Morgan fingerprint density at radius 2 is 2.00 bits per heavy atom. The molecule has 26 heavy (non-hydrogen) atoms. The van der Waals surface area contributed by atoms with Crippen molar-refractivity contribution < 1.29 is 10.0 Å². The van der Waals surface area contributed by atoms with Crippen LogP contribution < -0.4 is 5.73 Å². The number of nitrogens with zero attached hydrogens (tertiary/aromatic N) is 1. The molecule has 5 nitrogen and oxygen atoms in total. The Balaban J connectivity index is 1.67. The van der Waals surface area contributed by atoms with Crippen LogP contribution in [0.3, 0.4) is 0 Å². The van der Waals surface area contributed by atoms with E-state index in [1.165, 1.54) is 16.0 Å². The minimum absolute atomic E-state index is 0.269. The Morgan fingerprint density at radius 1 is 1.23 bits per heavy atom. The summed E-state index contributed by atoms with van der Waals surface area (Å²) in [6.07, 6.45) is 0.736. The highest BCUT2D eigenvalue weighted by Crippen LogP contribution is 2.22. The van der Waals surface area contributed by atoms with Gasteiger partial charge in [0, 0.05) is 35.3 Å². The van der Waals surface area contributed by atoms with Crippen LogP contribution in [0.25, 0.3) is 16.5 Å². The number of aromatic amines is 1. The van der Waals surface area contributed by atoms with E-state index in [1.54, 1.807) is 6.07 Å². The van der Waals surface area contributed by atoms with Crippen LogP contribution in [0, 0.1) is 6.92 Å². The second-order valence-electron chi connectivity index (χ2n) is 6.46. The zero-order chi connectivity index (χ0) is 18.7. The minimum atomic E-state index is -0.544. The van der Waals surface area contributed by atoms with E-state index in [4.69, 9.17) is 5.73 Å². The number of carbonyl (C=O) groups excluding carboxylic acids is 1. The number of hydroxylamine groups is 2. The predicted molar refractivity (Wildman–Crippen MR) is 104 cm³/mol. The Bertz CT molecular complexity index is 959. The van der Waals surface area contributed by atoms with E-state index in [0.29, 0.717) is 18.7 Å². The quantitative estimate of drug-likeness (QED) is 0.451. The molecule has 0 radical (unpaired) electrons. The third-order valence-corrected chi connectivity index (χ3v) is 4.58. The van der Waals surface area contributed by atoms with Gasteiger partial charge in [0.15, 0.2) is 0 Å². The summed E-state index contributed by atoms with van der Waals surface area (Å²) in [5.74, 6) is -0.544. The van der Waals surface area contributed by atoms with Crippen LogP contribution in [0.5, 0.6) is 0 Å². The van der Waals surface area contributed by atoms with Crippen molar-refractivity contribution in [2.24, 2.45) is 5.73 Å². The summed E-state index contributed by atoms with van der Waals surface area (Å²) in [5, 5.41) is 12.8.